The van der Waals surface area contributed by atoms with Crippen molar-refractivity contribution in [2.45, 2.75) is 64.5 Å². The first kappa shape index (κ1) is 28.0. The maximum absolute atomic E-state index is 13.5. The van der Waals surface area contributed by atoms with Crippen LogP contribution in [0.25, 0.3) is 11.3 Å². The third-order valence-electron chi connectivity index (χ3n) is 7.92. The van der Waals surface area contributed by atoms with Gasteiger partial charge in [-0.15, -0.1) is 0 Å². The third kappa shape index (κ3) is 5.54. The van der Waals surface area contributed by atoms with E-state index in [0.29, 0.717) is 24.3 Å². The van der Waals surface area contributed by atoms with Gasteiger partial charge in [-0.1, -0.05) is 11.6 Å². The molecule has 2 saturated heterocycles. The third-order valence-corrected chi connectivity index (χ3v) is 7.92. The van der Waals surface area contributed by atoms with Crippen molar-refractivity contribution in [3.8, 4) is 11.3 Å². The molecule has 0 spiro atoms. The molecular weight excluding hydrogens is 521 g/mol. The molecule has 2 atom stereocenters. The number of ether oxygens (including phenoxy) is 2. The van der Waals surface area contributed by atoms with Crippen molar-refractivity contribution < 1.29 is 27.4 Å². The first-order valence-corrected chi connectivity index (χ1v) is 13.7. The van der Waals surface area contributed by atoms with Gasteiger partial charge in [0.2, 0.25) is 0 Å². The van der Waals surface area contributed by atoms with E-state index in [2.05, 4.69) is 17.9 Å². The first-order valence-electron chi connectivity index (χ1n) is 13.7. The summed E-state index contributed by atoms with van der Waals surface area (Å²) in [6.07, 6.45) is -0.282. The van der Waals surface area contributed by atoms with E-state index in [0.717, 1.165) is 54.2 Å². The van der Waals surface area contributed by atoms with Crippen molar-refractivity contribution >= 4 is 11.9 Å². The molecule has 2 fully saturated rings. The number of alkyl halides is 3. The van der Waals surface area contributed by atoms with Gasteiger partial charge >= 0.3 is 12.3 Å². The van der Waals surface area contributed by atoms with Crippen LogP contribution in [0.1, 0.15) is 55.0 Å². The molecule has 0 N–H and O–H groups in total. The normalized spacial score (nSPS) is 20.2. The Morgan fingerprint density at radius 1 is 1.15 bits per heavy atom. The SMILES string of the molecule is CCN(c1ncc(-c2cccn2C)cc1CN1C(=O)O[C@H](c2cc(C)cc(C(F)(F)F)c2)[C@@H]1C)C1CCOCC1. The summed E-state index contributed by atoms with van der Waals surface area (Å²) in [6.45, 7) is 7.84. The minimum absolute atomic E-state index is 0.217. The number of halogens is 3. The summed E-state index contributed by atoms with van der Waals surface area (Å²) < 4.78 is 53.9. The van der Waals surface area contributed by atoms with Crippen molar-refractivity contribution in [3.05, 3.63) is 71.0 Å². The zero-order valence-electron chi connectivity index (χ0n) is 23.2. The molecule has 1 aromatic carbocycles. The van der Waals surface area contributed by atoms with E-state index in [1.165, 1.54) is 0 Å². The zero-order chi connectivity index (χ0) is 28.6. The number of anilines is 1. The van der Waals surface area contributed by atoms with Gasteiger partial charge in [-0.3, -0.25) is 4.90 Å². The fraction of sp³-hybridized carbons (Fsp3) is 0.467. The second-order valence-corrected chi connectivity index (χ2v) is 10.6. The first-order chi connectivity index (χ1) is 19.1. The summed E-state index contributed by atoms with van der Waals surface area (Å²) in [4.78, 5) is 22.0. The molecule has 5 rings (SSSR count). The Morgan fingerprint density at radius 2 is 1.90 bits per heavy atom. The van der Waals surface area contributed by atoms with Crippen molar-refractivity contribution in [3.63, 3.8) is 0 Å². The van der Waals surface area contributed by atoms with E-state index in [1.54, 1.807) is 17.9 Å². The van der Waals surface area contributed by atoms with Crippen LogP contribution in [-0.2, 0) is 29.2 Å². The lowest BCUT2D eigenvalue weighted by molar-refractivity contribution is -0.137. The highest BCUT2D eigenvalue weighted by molar-refractivity contribution is 5.72. The molecule has 1 amide bonds. The number of hydrogen-bond acceptors (Lipinski definition) is 5. The minimum atomic E-state index is -4.49. The molecule has 3 aromatic rings. The number of rotatable bonds is 7. The molecule has 0 unspecified atom stereocenters. The van der Waals surface area contributed by atoms with Gasteiger partial charge in [0.25, 0.3) is 0 Å². The molecule has 4 heterocycles. The van der Waals surface area contributed by atoms with E-state index in [9.17, 15) is 18.0 Å². The highest BCUT2D eigenvalue weighted by Crippen LogP contribution is 2.39. The molecule has 0 bridgehead atoms. The molecule has 0 radical (unpaired) electrons. The Hall–Kier alpha value is -3.53. The number of hydrogen-bond donors (Lipinski definition) is 0. The van der Waals surface area contributed by atoms with Crippen LogP contribution in [0, 0.1) is 6.92 Å². The number of pyridine rings is 1. The van der Waals surface area contributed by atoms with Gasteiger partial charge in [0.05, 0.1) is 18.2 Å². The Morgan fingerprint density at radius 3 is 2.55 bits per heavy atom. The zero-order valence-corrected chi connectivity index (χ0v) is 23.2. The van der Waals surface area contributed by atoms with Gasteiger partial charge in [0, 0.05) is 62.1 Å². The van der Waals surface area contributed by atoms with Crippen molar-refractivity contribution in [1.29, 1.82) is 0 Å². The number of aromatic nitrogens is 2. The minimum Gasteiger partial charge on any atom is -0.439 e. The second kappa shape index (κ2) is 11.2. The molecule has 0 saturated carbocycles. The van der Waals surface area contributed by atoms with Gasteiger partial charge in [-0.05, 0) is 69.5 Å². The standard InChI is InChI=1S/C30H35F3N4O3/c1-5-36(25-8-11-39-12-9-25)28-23(15-22(17-34-28)26-7-6-10-35(26)4)18-37-20(3)27(40-29(37)38)21-13-19(2)14-24(16-21)30(31,32)33/h6-7,10,13-17,20,25,27H,5,8-9,11-12,18H2,1-4H3/t20-,27-/m0/s1. The smallest absolute Gasteiger partial charge is 0.416 e. The van der Waals surface area contributed by atoms with E-state index in [4.69, 9.17) is 14.5 Å². The quantitative estimate of drug-likeness (QED) is 0.333. The number of carbonyl (C=O) groups is 1. The molecular formula is C30H35F3N4O3. The van der Waals surface area contributed by atoms with Crippen molar-refractivity contribution in [1.82, 2.24) is 14.5 Å². The van der Waals surface area contributed by atoms with Gasteiger partial charge in [-0.25, -0.2) is 9.78 Å². The Bertz CT molecular complexity index is 1370. The van der Waals surface area contributed by atoms with Crippen LogP contribution in [0.4, 0.5) is 23.8 Å². The van der Waals surface area contributed by atoms with Crippen LogP contribution in [0.15, 0.2) is 48.8 Å². The van der Waals surface area contributed by atoms with E-state index < -0.39 is 30.0 Å². The number of carbonyl (C=O) groups excluding carboxylic acids is 1. The number of aryl methyl sites for hydroxylation is 2. The topological polar surface area (TPSA) is 59.8 Å². The van der Waals surface area contributed by atoms with Crippen molar-refractivity contribution in [2.75, 3.05) is 24.7 Å². The van der Waals surface area contributed by atoms with Crippen LogP contribution in [0.5, 0.6) is 0 Å². The van der Waals surface area contributed by atoms with Crippen LogP contribution in [0.3, 0.4) is 0 Å². The monoisotopic (exact) mass is 556 g/mol. The summed E-state index contributed by atoms with van der Waals surface area (Å²) in [7, 11) is 1.96. The van der Waals surface area contributed by atoms with Crippen LogP contribution in [-0.4, -0.2) is 52.4 Å². The highest BCUT2D eigenvalue weighted by Gasteiger charge is 2.41. The Kier molecular flexibility index (Phi) is 7.81. The maximum Gasteiger partial charge on any atom is 0.416 e. The molecule has 2 aliphatic heterocycles. The molecule has 40 heavy (non-hydrogen) atoms. The van der Waals surface area contributed by atoms with Gasteiger partial charge in [0.15, 0.2) is 0 Å². The van der Waals surface area contributed by atoms with E-state index in [1.807, 2.05) is 43.1 Å². The molecule has 0 aliphatic carbocycles. The average Bonchev–Trinajstić information content (AvgIpc) is 3.47. The maximum atomic E-state index is 13.5. The lowest BCUT2D eigenvalue weighted by Crippen LogP contribution is -2.41. The largest absolute Gasteiger partial charge is 0.439 e. The second-order valence-electron chi connectivity index (χ2n) is 10.6. The molecule has 10 heteroatoms. The van der Waals surface area contributed by atoms with E-state index in [-0.39, 0.29) is 12.6 Å². The fourth-order valence-electron chi connectivity index (χ4n) is 5.84. The molecule has 7 nitrogen and oxygen atoms in total. The average molecular weight is 557 g/mol. The van der Waals surface area contributed by atoms with Gasteiger partial charge in [0.1, 0.15) is 11.9 Å². The molecule has 2 aliphatic rings. The summed E-state index contributed by atoms with van der Waals surface area (Å²) >= 11 is 0. The summed E-state index contributed by atoms with van der Waals surface area (Å²) in [5.74, 6) is 0.797. The number of cyclic esters (lactones) is 1. The van der Waals surface area contributed by atoms with Crippen LogP contribution in [0.2, 0.25) is 0 Å². The summed E-state index contributed by atoms with van der Waals surface area (Å²) in [5.41, 5.74) is 2.81. The predicted octanol–water partition coefficient (Wildman–Crippen LogP) is 6.50. The van der Waals surface area contributed by atoms with E-state index >= 15 is 0 Å². The Labute approximate surface area is 232 Å². The predicted molar refractivity (Wildman–Crippen MR) is 146 cm³/mol. The lowest BCUT2D eigenvalue weighted by Gasteiger charge is -2.36. The van der Waals surface area contributed by atoms with Gasteiger partial charge in [-0.2, -0.15) is 13.2 Å². The fourth-order valence-corrected chi connectivity index (χ4v) is 5.84. The van der Waals surface area contributed by atoms with Gasteiger partial charge < -0.3 is 18.9 Å². The highest BCUT2D eigenvalue weighted by atomic mass is 19.4. The summed E-state index contributed by atoms with van der Waals surface area (Å²) in [6, 6.07) is 9.64. The molecule has 2 aromatic heterocycles. The lowest BCUT2D eigenvalue weighted by atomic mass is 9.98. The number of benzene rings is 1. The van der Waals surface area contributed by atoms with Crippen LogP contribution >= 0.6 is 0 Å². The Balaban J connectivity index is 1.50. The molecule has 214 valence electrons. The summed E-state index contributed by atoms with van der Waals surface area (Å²) in [5, 5.41) is 0. The number of nitrogens with zero attached hydrogens (tertiary/aromatic N) is 4. The number of amides is 1. The van der Waals surface area contributed by atoms with Crippen LogP contribution < -0.4 is 4.90 Å². The van der Waals surface area contributed by atoms with Crippen molar-refractivity contribution in [2.24, 2.45) is 7.05 Å².